The number of carbonyl (C=O) groups excluding carboxylic acids is 1. The third kappa shape index (κ3) is 7.63. The molecule has 2 aromatic rings. The highest BCUT2D eigenvalue weighted by Crippen LogP contribution is 2.31. The molecule has 3 rings (SSSR count). The van der Waals surface area contributed by atoms with Gasteiger partial charge in [0, 0.05) is 24.8 Å². The number of nitrogens with zero attached hydrogens (tertiary/aromatic N) is 3. The number of carbonyl (C=O) groups is 1. The summed E-state index contributed by atoms with van der Waals surface area (Å²) in [6.07, 6.45) is 5.68. The molecule has 8 nitrogen and oxygen atoms in total. The van der Waals surface area contributed by atoms with Gasteiger partial charge in [0.25, 0.3) is 0 Å². The van der Waals surface area contributed by atoms with Crippen molar-refractivity contribution in [3.63, 3.8) is 0 Å². The highest BCUT2D eigenvalue weighted by atomic mass is 127. The Kier molecular flexibility index (Phi) is 11.2. The SMILES string of the molecule is CCNC(=NCC(=O)Nc1cccnc1)NCC(c1ccccc1OC)N1CCCC1.I. The van der Waals surface area contributed by atoms with E-state index in [0.717, 1.165) is 24.4 Å². The average molecular weight is 552 g/mol. The van der Waals surface area contributed by atoms with Crippen LogP contribution in [0.2, 0.25) is 0 Å². The van der Waals surface area contributed by atoms with Crippen molar-refractivity contribution in [3.05, 3.63) is 54.4 Å². The minimum atomic E-state index is -0.189. The molecule has 1 aliphatic rings. The predicted octanol–water partition coefficient (Wildman–Crippen LogP) is 3.04. The first-order valence-corrected chi connectivity index (χ1v) is 10.8. The van der Waals surface area contributed by atoms with Gasteiger partial charge in [-0.25, -0.2) is 4.99 Å². The number of hydrogen-bond donors (Lipinski definition) is 3. The van der Waals surface area contributed by atoms with E-state index in [4.69, 9.17) is 4.74 Å². The summed E-state index contributed by atoms with van der Waals surface area (Å²) >= 11 is 0. The number of likely N-dealkylation sites (tertiary alicyclic amines) is 1. The lowest BCUT2D eigenvalue weighted by atomic mass is 10.0. The first-order valence-electron chi connectivity index (χ1n) is 10.8. The Bertz CT molecular complexity index is 859. The van der Waals surface area contributed by atoms with Crippen LogP contribution in [-0.4, -0.2) is 61.6 Å². The molecule has 2 heterocycles. The number of halogens is 1. The number of ether oxygens (including phenoxy) is 1. The van der Waals surface area contributed by atoms with Crippen molar-refractivity contribution in [2.75, 3.05) is 45.2 Å². The fourth-order valence-electron chi connectivity index (χ4n) is 3.75. The molecule has 0 saturated carbocycles. The molecule has 0 aliphatic carbocycles. The molecule has 0 spiro atoms. The van der Waals surface area contributed by atoms with E-state index in [-0.39, 0.29) is 42.5 Å². The van der Waals surface area contributed by atoms with Crippen molar-refractivity contribution >= 4 is 41.5 Å². The summed E-state index contributed by atoms with van der Waals surface area (Å²) in [5, 5.41) is 9.44. The fourth-order valence-corrected chi connectivity index (χ4v) is 3.75. The normalized spacial score (nSPS) is 14.9. The number of rotatable bonds is 9. The van der Waals surface area contributed by atoms with Crippen LogP contribution in [0, 0.1) is 0 Å². The van der Waals surface area contributed by atoms with Gasteiger partial charge in [-0.2, -0.15) is 0 Å². The third-order valence-corrected chi connectivity index (χ3v) is 5.21. The predicted molar refractivity (Wildman–Crippen MR) is 139 cm³/mol. The number of aromatic nitrogens is 1. The molecule has 1 amide bonds. The summed E-state index contributed by atoms with van der Waals surface area (Å²) in [6, 6.07) is 11.9. The summed E-state index contributed by atoms with van der Waals surface area (Å²) in [6.45, 7) is 5.52. The van der Waals surface area contributed by atoms with Gasteiger partial charge in [-0.3, -0.25) is 14.7 Å². The Morgan fingerprint density at radius 3 is 2.66 bits per heavy atom. The van der Waals surface area contributed by atoms with E-state index in [1.807, 2.05) is 25.1 Å². The van der Waals surface area contributed by atoms with Crippen molar-refractivity contribution in [2.45, 2.75) is 25.8 Å². The maximum Gasteiger partial charge on any atom is 0.246 e. The monoisotopic (exact) mass is 552 g/mol. The van der Waals surface area contributed by atoms with Crippen LogP contribution in [-0.2, 0) is 4.79 Å². The maximum atomic E-state index is 12.2. The molecule has 1 aromatic heterocycles. The van der Waals surface area contributed by atoms with Crippen LogP contribution < -0.4 is 20.7 Å². The van der Waals surface area contributed by atoms with Gasteiger partial charge in [-0.05, 0) is 51.1 Å². The van der Waals surface area contributed by atoms with E-state index in [0.29, 0.717) is 24.7 Å². The van der Waals surface area contributed by atoms with Crippen LogP contribution in [0.3, 0.4) is 0 Å². The second kappa shape index (κ2) is 13.9. The molecule has 0 bridgehead atoms. The quantitative estimate of drug-likeness (QED) is 0.252. The van der Waals surface area contributed by atoms with E-state index in [1.165, 1.54) is 12.8 Å². The summed E-state index contributed by atoms with van der Waals surface area (Å²) in [5.41, 5.74) is 1.82. The Morgan fingerprint density at radius 2 is 1.97 bits per heavy atom. The highest BCUT2D eigenvalue weighted by Gasteiger charge is 2.26. The number of benzene rings is 1. The Hall–Kier alpha value is -2.40. The van der Waals surface area contributed by atoms with Gasteiger partial charge in [0.2, 0.25) is 5.91 Å². The van der Waals surface area contributed by atoms with Gasteiger partial charge >= 0.3 is 0 Å². The van der Waals surface area contributed by atoms with Gasteiger partial charge in [0.15, 0.2) is 5.96 Å². The number of nitrogens with one attached hydrogen (secondary N) is 3. The molecule has 1 saturated heterocycles. The molecule has 32 heavy (non-hydrogen) atoms. The molecule has 1 aliphatic heterocycles. The Morgan fingerprint density at radius 1 is 1.19 bits per heavy atom. The number of amides is 1. The number of aliphatic imine (C=N–C) groups is 1. The van der Waals surface area contributed by atoms with Crippen LogP contribution in [0.25, 0.3) is 0 Å². The minimum Gasteiger partial charge on any atom is -0.496 e. The molecular formula is C23H33IN6O2. The minimum absolute atomic E-state index is 0. The van der Waals surface area contributed by atoms with Gasteiger partial charge in [-0.15, -0.1) is 24.0 Å². The largest absolute Gasteiger partial charge is 0.496 e. The standard InChI is InChI=1S/C23H32N6O2.HI/c1-3-25-23(27-17-22(30)28-18-9-8-12-24-15-18)26-16-20(29-13-6-7-14-29)19-10-4-5-11-21(19)31-2;/h4-5,8-12,15,20H,3,6-7,13-14,16-17H2,1-2H3,(H,28,30)(H2,25,26,27);1H. The maximum absolute atomic E-state index is 12.2. The van der Waals surface area contributed by atoms with E-state index in [9.17, 15) is 4.79 Å². The highest BCUT2D eigenvalue weighted by molar-refractivity contribution is 14.0. The lowest BCUT2D eigenvalue weighted by Gasteiger charge is -2.30. The molecule has 9 heteroatoms. The molecule has 174 valence electrons. The van der Waals surface area contributed by atoms with Crippen LogP contribution in [0.15, 0.2) is 53.8 Å². The van der Waals surface area contributed by atoms with Crippen molar-refractivity contribution in [1.82, 2.24) is 20.5 Å². The summed E-state index contributed by atoms with van der Waals surface area (Å²) < 4.78 is 5.62. The molecule has 3 N–H and O–H groups in total. The number of pyridine rings is 1. The van der Waals surface area contributed by atoms with Crippen molar-refractivity contribution in [2.24, 2.45) is 4.99 Å². The summed E-state index contributed by atoms with van der Waals surface area (Å²) in [4.78, 5) is 23.2. The number of hydrogen-bond acceptors (Lipinski definition) is 5. The van der Waals surface area contributed by atoms with Crippen LogP contribution in [0.1, 0.15) is 31.4 Å². The van der Waals surface area contributed by atoms with Crippen LogP contribution in [0.5, 0.6) is 5.75 Å². The number of anilines is 1. The molecule has 1 atom stereocenters. The average Bonchev–Trinajstić information content (AvgIpc) is 3.33. The topological polar surface area (TPSA) is 90.9 Å². The van der Waals surface area contributed by atoms with Crippen molar-refractivity contribution < 1.29 is 9.53 Å². The second-order valence-electron chi connectivity index (χ2n) is 7.37. The lowest BCUT2D eigenvalue weighted by Crippen LogP contribution is -2.43. The van der Waals surface area contributed by atoms with E-state index in [1.54, 1.807) is 31.6 Å². The van der Waals surface area contributed by atoms with E-state index in [2.05, 4.69) is 36.9 Å². The zero-order valence-corrected chi connectivity index (χ0v) is 21.0. The second-order valence-corrected chi connectivity index (χ2v) is 7.37. The summed E-state index contributed by atoms with van der Waals surface area (Å²) in [5.74, 6) is 1.31. The number of methoxy groups -OCH3 is 1. The fraction of sp³-hybridized carbons (Fsp3) is 0.435. The molecule has 1 unspecified atom stereocenters. The van der Waals surface area contributed by atoms with Gasteiger partial charge < -0.3 is 20.7 Å². The van der Waals surface area contributed by atoms with Crippen molar-refractivity contribution in [1.29, 1.82) is 0 Å². The van der Waals surface area contributed by atoms with E-state index >= 15 is 0 Å². The Balaban J connectivity index is 0.00000363. The molecule has 1 fully saturated rings. The zero-order chi connectivity index (χ0) is 21.9. The molecular weight excluding hydrogens is 519 g/mol. The first kappa shape index (κ1) is 25.9. The molecule has 1 aromatic carbocycles. The van der Waals surface area contributed by atoms with Gasteiger partial charge in [0.05, 0.1) is 25.0 Å². The smallest absolute Gasteiger partial charge is 0.246 e. The number of guanidine groups is 1. The lowest BCUT2D eigenvalue weighted by molar-refractivity contribution is -0.114. The van der Waals surface area contributed by atoms with Crippen LogP contribution >= 0.6 is 24.0 Å². The zero-order valence-electron chi connectivity index (χ0n) is 18.7. The van der Waals surface area contributed by atoms with Crippen LogP contribution in [0.4, 0.5) is 5.69 Å². The third-order valence-electron chi connectivity index (χ3n) is 5.21. The summed E-state index contributed by atoms with van der Waals surface area (Å²) in [7, 11) is 1.71. The van der Waals surface area contributed by atoms with Crippen molar-refractivity contribution in [3.8, 4) is 5.75 Å². The molecule has 0 radical (unpaired) electrons. The van der Waals surface area contributed by atoms with Gasteiger partial charge in [0.1, 0.15) is 12.3 Å². The number of para-hydroxylation sites is 1. The Labute approximate surface area is 207 Å². The first-order chi connectivity index (χ1) is 15.2. The van der Waals surface area contributed by atoms with E-state index < -0.39 is 0 Å². The van der Waals surface area contributed by atoms with Gasteiger partial charge in [-0.1, -0.05) is 18.2 Å².